The Morgan fingerprint density at radius 2 is 1.68 bits per heavy atom. The first-order valence-corrected chi connectivity index (χ1v) is 8.82. The van der Waals surface area contributed by atoms with Crippen LogP contribution < -0.4 is 10.2 Å². The summed E-state index contributed by atoms with van der Waals surface area (Å²) in [6.45, 7) is 7.32. The summed E-state index contributed by atoms with van der Waals surface area (Å²) in [6, 6.07) is 2.03. The van der Waals surface area contributed by atoms with Gasteiger partial charge in [-0.2, -0.15) is 13.2 Å². The predicted octanol–water partition coefficient (Wildman–Crippen LogP) is 3.88. The van der Waals surface area contributed by atoms with Crippen molar-refractivity contribution in [2.45, 2.75) is 50.4 Å². The molecular formula is C16H21BBrF3O4. The van der Waals surface area contributed by atoms with Crippen molar-refractivity contribution in [3.8, 4) is 5.75 Å². The van der Waals surface area contributed by atoms with Crippen LogP contribution in [0.1, 0.15) is 38.8 Å². The number of alkyl halides is 4. The maximum Gasteiger partial charge on any atom is 0.498 e. The molecule has 4 nitrogen and oxygen atoms in total. The molecule has 0 saturated carbocycles. The quantitative estimate of drug-likeness (QED) is 0.408. The van der Waals surface area contributed by atoms with E-state index in [1.165, 1.54) is 7.11 Å². The average Bonchev–Trinajstić information content (AvgIpc) is 2.70. The van der Waals surface area contributed by atoms with Gasteiger partial charge in [0.2, 0.25) is 0 Å². The molecular weight excluding hydrogens is 404 g/mol. The van der Waals surface area contributed by atoms with Crippen molar-refractivity contribution >= 4 is 28.5 Å². The Bertz CT molecular complexity index is 619. The Balaban J connectivity index is 2.55. The second-order valence-electron chi connectivity index (χ2n) is 6.82. The second kappa shape index (κ2) is 7.10. The molecule has 1 aliphatic rings. The molecule has 1 heterocycles. The highest BCUT2D eigenvalue weighted by Gasteiger charge is 2.53. The van der Waals surface area contributed by atoms with E-state index in [0.29, 0.717) is 11.0 Å². The van der Waals surface area contributed by atoms with Crippen LogP contribution in [0.3, 0.4) is 0 Å². The summed E-state index contributed by atoms with van der Waals surface area (Å²) in [5, 5.41) is 0.194. The highest BCUT2D eigenvalue weighted by molar-refractivity contribution is 9.08. The summed E-state index contributed by atoms with van der Waals surface area (Å²) >= 11 is 3.25. The lowest BCUT2D eigenvalue weighted by molar-refractivity contribution is -0.137. The van der Waals surface area contributed by atoms with Gasteiger partial charge in [0, 0.05) is 17.9 Å². The van der Waals surface area contributed by atoms with Crippen molar-refractivity contribution in [2.24, 2.45) is 0 Å². The van der Waals surface area contributed by atoms with Crippen LogP contribution in [0.5, 0.6) is 5.75 Å². The van der Waals surface area contributed by atoms with E-state index in [0.717, 1.165) is 12.1 Å². The number of halogens is 4. The Kier molecular flexibility index (Phi) is 5.83. The molecule has 25 heavy (non-hydrogen) atoms. The van der Waals surface area contributed by atoms with Crippen LogP contribution in [-0.2, 0) is 25.6 Å². The number of benzene rings is 1. The van der Waals surface area contributed by atoms with Crippen molar-refractivity contribution in [3.05, 3.63) is 23.3 Å². The summed E-state index contributed by atoms with van der Waals surface area (Å²) in [6.07, 6.45) is -4.49. The first-order valence-electron chi connectivity index (χ1n) is 7.70. The van der Waals surface area contributed by atoms with Gasteiger partial charge >= 0.3 is 13.3 Å². The molecule has 140 valence electrons. The zero-order chi connectivity index (χ0) is 19.0. The molecule has 1 saturated heterocycles. The van der Waals surface area contributed by atoms with E-state index in [1.54, 1.807) is 0 Å². The molecule has 0 N–H and O–H groups in total. The van der Waals surface area contributed by atoms with E-state index in [1.807, 2.05) is 27.7 Å². The smallest absolute Gasteiger partial charge is 0.468 e. The molecule has 1 fully saturated rings. The molecule has 0 aromatic heterocycles. The maximum absolute atomic E-state index is 13.2. The summed E-state index contributed by atoms with van der Waals surface area (Å²) < 4.78 is 61.8. The predicted molar refractivity (Wildman–Crippen MR) is 92.3 cm³/mol. The van der Waals surface area contributed by atoms with E-state index in [2.05, 4.69) is 15.9 Å². The van der Waals surface area contributed by atoms with E-state index in [9.17, 15) is 13.2 Å². The van der Waals surface area contributed by atoms with Gasteiger partial charge in [-0.1, -0.05) is 15.9 Å². The van der Waals surface area contributed by atoms with Gasteiger partial charge in [0.25, 0.3) is 0 Å². The Morgan fingerprint density at radius 3 is 2.12 bits per heavy atom. The Morgan fingerprint density at radius 1 is 1.12 bits per heavy atom. The normalized spacial score (nSPS) is 19.3. The maximum atomic E-state index is 13.2. The van der Waals surface area contributed by atoms with E-state index >= 15 is 0 Å². The summed E-state index contributed by atoms with van der Waals surface area (Å²) in [5.41, 5.74) is -1.22. The second-order valence-corrected chi connectivity index (χ2v) is 7.38. The number of methoxy groups -OCH3 is 1. The number of ether oxygens (including phenoxy) is 2. The van der Waals surface area contributed by atoms with Crippen LogP contribution in [0.25, 0.3) is 0 Å². The van der Waals surface area contributed by atoms with Gasteiger partial charge in [0.05, 0.1) is 16.8 Å². The third-order valence-corrected chi connectivity index (χ3v) is 5.12. The lowest BCUT2D eigenvalue weighted by Crippen LogP contribution is -2.41. The number of rotatable bonds is 5. The van der Waals surface area contributed by atoms with Crippen molar-refractivity contribution < 1.29 is 32.0 Å². The highest BCUT2D eigenvalue weighted by atomic mass is 79.9. The van der Waals surface area contributed by atoms with Crippen molar-refractivity contribution in [1.29, 1.82) is 0 Å². The van der Waals surface area contributed by atoms with Gasteiger partial charge in [-0.3, -0.25) is 0 Å². The fourth-order valence-electron chi connectivity index (χ4n) is 2.43. The SMILES string of the molecule is COCOc1cc(C(F)(F)F)cc(CBr)c1B1OC(C)(C)C(C)(C)O1. The van der Waals surface area contributed by atoms with Crippen molar-refractivity contribution in [2.75, 3.05) is 13.9 Å². The largest absolute Gasteiger partial charge is 0.498 e. The van der Waals surface area contributed by atoms with E-state index in [-0.39, 0.29) is 17.9 Å². The molecule has 1 aromatic rings. The van der Waals surface area contributed by atoms with Crippen LogP contribution in [0.4, 0.5) is 13.2 Å². The first-order chi connectivity index (χ1) is 11.4. The molecule has 1 aromatic carbocycles. The zero-order valence-electron chi connectivity index (χ0n) is 14.8. The molecule has 9 heteroatoms. The third-order valence-electron chi connectivity index (χ3n) is 4.52. The molecule has 0 radical (unpaired) electrons. The minimum absolute atomic E-state index is 0.0321. The van der Waals surface area contributed by atoms with Crippen molar-refractivity contribution in [3.63, 3.8) is 0 Å². The Hall–Kier alpha value is -0.765. The monoisotopic (exact) mass is 424 g/mol. The van der Waals surface area contributed by atoms with Gasteiger partial charge in [0.15, 0.2) is 6.79 Å². The van der Waals surface area contributed by atoms with Gasteiger partial charge in [0.1, 0.15) is 5.75 Å². The Labute approximate surface area is 154 Å². The van der Waals surface area contributed by atoms with Gasteiger partial charge in [-0.05, 0) is 45.4 Å². The van der Waals surface area contributed by atoms with E-state index < -0.39 is 30.1 Å². The molecule has 0 aliphatic carbocycles. The lowest BCUT2D eigenvalue weighted by atomic mass is 9.75. The van der Waals surface area contributed by atoms with Gasteiger partial charge in [-0.15, -0.1) is 0 Å². The minimum atomic E-state index is -4.49. The highest BCUT2D eigenvalue weighted by Crippen LogP contribution is 2.39. The van der Waals surface area contributed by atoms with Crippen LogP contribution in [0, 0.1) is 0 Å². The summed E-state index contributed by atoms with van der Waals surface area (Å²) in [4.78, 5) is 0. The molecule has 0 bridgehead atoms. The zero-order valence-corrected chi connectivity index (χ0v) is 16.4. The van der Waals surface area contributed by atoms with Crippen LogP contribution >= 0.6 is 15.9 Å². The summed E-state index contributed by atoms with van der Waals surface area (Å²) in [7, 11) is 0.555. The molecule has 0 atom stereocenters. The van der Waals surface area contributed by atoms with Crippen LogP contribution in [-0.4, -0.2) is 32.2 Å². The fraction of sp³-hybridized carbons (Fsp3) is 0.625. The number of hydrogen-bond acceptors (Lipinski definition) is 4. The van der Waals surface area contributed by atoms with Crippen molar-refractivity contribution in [1.82, 2.24) is 0 Å². The molecule has 0 unspecified atom stereocenters. The third kappa shape index (κ3) is 4.15. The van der Waals surface area contributed by atoms with Gasteiger partial charge < -0.3 is 18.8 Å². The van der Waals surface area contributed by atoms with Crippen LogP contribution in [0.15, 0.2) is 12.1 Å². The number of hydrogen-bond donors (Lipinski definition) is 0. The van der Waals surface area contributed by atoms with Crippen LogP contribution in [0.2, 0.25) is 0 Å². The molecule has 2 rings (SSSR count). The van der Waals surface area contributed by atoms with Gasteiger partial charge in [-0.25, -0.2) is 0 Å². The lowest BCUT2D eigenvalue weighted by Gasteiger charge is -2.32. The average molecular weight is 425 g/mol. The first kappa shape index (κ1) is 20.5. The topological polar surface area (TPSA) is 36.9 Å². The fourth-order valence-corrected chi connectivity index (χ4v) is 2.89. The molecule has 1 aliphatic heterocycles. The summed E-state index contributed by atoms with van der Waals surface area (Å²) in [5.74, 6) is 0.0321. The molecule has 0 amide bonds. The van der Waals surface area contributed by atoms with E-state index in [4.69, 9.17) is 18.8 Å². The molecule has 0 spiro atoms. The standard InChI is InChI=1S/C16H21BBrF3O4/c1-14(2)15(3,4)25-17(24-14)13-10(8-18)6-11(16(19,20)21)7-12(13)23-9-22-5/h6-7H,8-9H2,1-5H3. The minimum Gasteiger partial charge on any atom is -0.468 e.